The number of rotatable bonds is 5. The molecule has 0 saturated carbocycles. The van der Waals surface area contributed by atoms with Crippen molar-refractivity contribution in [3.05, 3.63) is 46.2 Å². The molecule has 0 aliphatic rings. The molecule has 0 saturated heterocycles. The van der Waals surface area contributed by atoms with Gasteiger partial charge in [0.2, 0.25) is 0 Å². The molecule has 0 atom stereocenters. The van der Waals surface area contributed by atoms with Crippen LogP contribution in [0.4, 0.5) is 0 Å². The van der Waals surface area contributed by atoms with Crippen molar-refractivity contribution < 1.29 is 14.6 Å². The summed E-state index contributed by atoms with van der Waals surface area (Å²) in [5.41, 5.74) is 0.964. The van der Waals surface area contributed by atoms with E-state index in [2.05, 4.69) is 11.8 Å². The van der Waals surface area contributed by atoms with E-state index in [1.807, 2.05) is 35.7 Å². The SMILES string of the molecule is COc1cccc(OCc2sccc2C#CCCO)c1. The maximum Gasteiger partial charge on any atom is 0.124 e. The van der Waals surface area contributed by atoms with Crippen molar-refractivity contribution in [2.45, 2.75) is 13.0 Å². The largest absolute Gasteiger partial charge is 0.497 e. The van der Waals surface area contributed by atoms with E-state index in [1.165, 1.54) is 0 Å². The monoisotopic (exact) mass is 288 g/mol. The van der Waals surface area contributed by atoms with Crippen LogP contribution < -0.4 is 9.47 Å². The molecule has 1 heterocycles. The Kier molecular flexibility index (Phi) is 5.48. The van der Waals surface area contributed by atoms with Gasteiger partial charge in [-0.15, -0.1) is 11.3 Å². The van der Waals surface area contributed by atoms with Gasteiger partial charge < -0.3 is 14.6 Å². The Morgan fingerprint density at radius 3 is 2.90 bits per heavy atom. The van der Waals surface area contributed by atoms with E-state index in [9.17, 15) is 0 Å². The van der Waals surface area contributed by atoms with Crippen molar-refractivity contribution in [3.63, 3.8) is 0 Å². The molecule has 0 unspecified atom stereocenters. The predicted molar refractivity (Wildman–Crippen MR) is 80.2 cm³/mol. The Bertz CT molecular complexity index is 607. The van der Waals surface area contributed by atoms with Gasteiger partial charge in [-0.05, 0) is 23.6 Å². The molecule has 104 valence electrons. The summed E-state index contributed by atoms with van der Waals surface area (Å²) in [6, 6.07) is 9.49. The van der Waals surface area contributed by atoms with E-state index in [1.54, 1.807) is 18.4 Å². The normalized spacial score (nSPS) is 9.70. The van der Waals surface area contributed by atoms with Crippen molar-refractivity contribution in [2.75, 3.05) is 13.7 Å². The highest BCUT2D eigenvalue weighted by atomic mass is 32.1. The van der Waals surface area contributed by atoms with Gasteiger partial charge in [0, 0.05) is 18.1 Å². The lowest BCUT2D eigenvalue weighted by molar-refractivity contribution is 0.305. The third-order valence-corrected chi connectivity index (χ3v) is 3.51. The zero-order valence-electron chi connectivity index (χ0n) is 11.3. The smallest absolute Gasteiger partial charge is 0.124 e. The molecule has 0 fully saturated rings. The molecule has 1 aromatic heterocycles. The molecule has 0 spiro atoms. The van der Waals surface area contributed by atoms with Crippen LogP contribution in [-0.2, 0) is 6.61 Å². The Balaban J connectivity index is 2.00. The number of benzene rings is 1. The first-order valence-corrected chi connectivity index (χ1v) is 7.14. The van der Waals surface area contributed by atoms with E-state index in [4.69, 9.17) is 14.6 Å². The quantitative estimate of drug-likeness (QED) is 0.859. The highest BCUT2D eigenvalue weighted by molar-refractivity contribution is 7.10. The molecule has 3 nitrogen and oxygen atoms in total. The maximum absolute atomic E-state index is 8.73. The molecular weight excluding hydrogens is 272 g/mol. The Labute approximate surface area is 122 Å². The van der Waals surface area contributed by atoms with E-state index in [-0.39, 0.29) is 6.61 Å². The summed E-state index contributed by atoms with van der Waals surface area (Å²) in [5, 5.41) is 10.7. The highest BCUT2D eigenvalue weighted by Crippen LogP contribution is 2.22. The zero-order chi connectivity index (χ0) is 14.2. The second kappa shape index (κ2) is 7.59. The molecule has 0 bridgehead atoms. The Morgan fingerprint density at radius 1 is 1.25 bits per heavy atom. The van der Waals surface area contributed by atoms with Crippen LogP contribution in [0.15, 0.2) is 35.7 Å². The minimum absolute atomic E-state index is 0.0901. The van der Waals surface area contributed by atoms with Gasteiger partial charge in [0.15, 0.2) is 0 Å². The molecule has 1 aromatic carbocycles. The molecular formula is C16H16O3S. The minimum Gasteiger partial charge on any atom is -0.497 e. The molecule has 0 aliphatic heterocycles. The third kappa shape index (κ3) is 4.02. The first-order chi connectivity index (χ1) is 9.83. The van der Waals surface area contributed by atoms with Crippen LogP contribution in [0.2, 0.25) is 0 Å². The van der Waals surface area contributed by atoms with Gasteiger partial charge in [0.1, 0.15) is 18.1 Å². The molecule has 1 N–H and O–H groups in total. The average Bonchev–Trinajstić information content (AvgIpc) is 2.93. The summed E-state index contributed by atoms with van der Waals surface area (Å²) in [5.74, 6) is 7.52. The Morgan fingerprint density at radius 2 is 2.10 bits per heavy atom. The van der Waals surface area contributed by atoms with Crippen LogP contribution >= 0.6 is 11.3 Å². The first-order valence-electron chi connectivity index (χ1n) is 6.26. The number of aliphatic hydroxyl groups is 1. The van der Waals surface area contributed by atoms with Crippen LogP contribution in [0.1, 0.15) is 16.9 Å². The minimum atomic E-state index is 0.0901. The van der Waals surface area contributed by atoms with Gasteiger partial charge in [0.25, 0.3) is 0 Å². The molecule has 2 rings (SSSR count). The van der Waals surface area contributed by atoms with Crippen LogP contribution in [0, 0.1) is 11.8 Å². The summed E-state index contributed by atoms with van der Waals surface area (Å²) in [4.78, 5) is 1.08. The van der Waals surface area contributed by atoms with Crippen LogP contribution in [0.5, 0.6) is 11.5 Å². The predicted octanol–water partition coefficient (Wildman–Crippen LogP) is 3.07. The standard InChI is InChI=1S/C16H16O3S/c1-18-14-6-4-7-15(11-14)19-12-16-13(8-10-20-16)5-2-3-9-17/h4,6-8,10-11,17H,3,9,12H2,1H3. The fraction of sp³-hybridized carbons (Fsp3) is 0.250. The van der Waals surface area contributed by atoms with Crippen LogP contribution in [0.25, 0.3) is 0 Å². The summed E-state index contributed by atoms with van der Waals surface area (Å²) >= 11 is 1.62. The highest BCUT2D eigenvalue weighted by Gasteiger charge is 2.03. The van der Waals surface area contributed by atoms with Crippen molar-refractivity contribution >= 4 is 11.3 Å². The molecule has 0 amide bonds. The van der Waals surface area contributed by atoms with Crippen molar-refractivity contribution in [1.29, 1.82) is 0 Å². The van der Waals surface area contributed by atoms with E-state index < -0.39 is 0 Å². The number of aliphatic hydroxyl groups excluding tert-OH is 1. The molecule has 2 aromatic rings. The van der Waals surface area contributed by atoms with Gasteiger partial charge in [0.05, 0.1) is 18.6 Å². The molecule has 20 heavy (non-hydrogen) atoms. The van der Waals surface area contributed by atoms with Crippen molar-refractivity contribution in [1.82, 2.24) is 0 Å². The average molecular weight is 288 g/mol. The summed E-state index contributed by atoms with van der Waals surface area (Å²) < 4.78 is 10.9. The fourth-order valence-corrected chi connectivity index (χ4v) is 2.36. The lowest BCUT2D eigenvalue weighted by Crippen LogP contribution is -1.95. The van der Waals surface area contributed by atoms with E-state index in [0.717, 1.165) is 21.9 Å². The topological polar surface area (TPSA) is 38.7 Å². The second-order valence-electron chi connectivity index (χ2n) is 4.00. The van der Waals surface area contributed by atoms with E-state index in [0.29, 0.717) is 13.0 Å². The maximum atomic E-state index is 8.73. The van der Waals surface area contributed by atoms with Gasteiger partial charge in [-0.3, -0.25) is 0 Å². The second-order valence-corrected chi connectivity index (χ2v) is 5.00. The lowest BCUT2D eigenvalue weighted by atomic mass is 10.2. The Hall–Kier alpha value is -1.96. The van der Waals surface area contributed by atoms with E-state index >= 15 is 0 Å². The zero-order valence-corrected chi connectivity index (χ0v) is 12.1. The third-order valence-electron chi connectivity index (χ3n) is 2.62. The molecule has 0 radical (unpaired) electrons. The summed E-state index contributed by atoms with van der Waals surface area (Å²) in [6.45, 7) is 0.570. The number of hydrogen-bond donors (Lipinski definition) is 1. The van der Waals surface area contributed by atoms with Crippen molar-refractivity contribution in [3.8, 4) is 23.3 Å². The summed E-state index contributed by atoms with van der Waals surface area (Å²) in [6.07, 6.45) is 0.492. The number of hydrogen-bond acceptors (Lipinski definition) is 4. The fourth-order valence-electron chi connectivity index (χ4n) is 1.62. The van der Waals surface area contributed by atoms with Crippen molar-refractivity contribution in [2.24, 2.45) is 0 Å². The number of methoxy groups -OCH3 is 1. The molecule has 0 aliphatic carbocycles. The van der Waals surface area contributed by atoms with Crippen LogP contribution in [0.3, 0.4) is 0 Å². The first kappa shape index (κ1) is 14.4. The lowest BCUT2D eigenvalue weighted by Gasteiger charge is -2.06. The number of thiophene rings is 1. The number of ether oxygens (including phenoxy) is 2. The van der Waals surface area contributed by atoms with Gasteiger partial charge >= 0.3 is 0 Å². The van der Waals surface area contributed by atoms with Gasteiger partial charge in [-0.2, -0.15) is 0 Å². The van der Waals surface area contributed by atoms with Gasteiger partial charge in [-0.1, -0.05) is 17.9 Å². The summed E-state index contributed by atoms with van der Waals surface area (Å²) in [7, 11) is 1.63. The molecule has 4 heteroatoms. The van der Waals surface area contributed by atoms with Crippen LogP contribution in [-0.4, -0.2) is 18.8 Å². The van der Waals surface area contributed by atoms with Gasteiger partial charge in [-0.25, -0.2) is 0 Å².